The van der Waals surface area contributed by atoms with E-state index in [1.807, 2.05) is 28.9 Å². The van der Waals surface area contributed by atoms with Crippen molar-refractivity contribution >= 4 is 22.5 Å². The van der Waals surface area contributed by atoms with E-state index >= 15 is 0 Å². The number of aliphatic hydroxyl groups is 1. The van der Waals surface area contributed by atoms with Crippen LogP contribution < -0.4 is 10.6 Å². The Bertz CT molecular complexity index is 1810. The van der Waals surface area contributed by atoms with Gasteiger partial charge in [-0.1, -0.05) is 11.2 Å². The van der Waals surface area contributed by atoms with Gasteiger partial charge in [0.05, 0.1) is 34.2 Å². The summed E-state index contributed by atoms with van der Waals surface area (Å²) in [5.74, 6) is 2.00. The molecule has 0 bridgehead atoms. The van der Waals surface area contributed by atoms with Crippen molar-refractivity contribution in [3.8, 4) is 17.6 Å². The first-order valence-corrected chi connectivity index (χ1v) is 16.2. The number of nitrogens with zero attached hydrogens (tertiary/aromatic N) is 8. The fourth-order valence-electron chi connectivity index (χ4n) is 8.46. The van der Waals surface area contributed by atoms with E-state index in [4.69, 9.17) is 25.3 Å². The summed E-state index contributed by atoms with van der Waals surface area (Å²) in [6.07, 6.45) is 9.50. The summed E-state index contributed by atoms with van der Waals surface area (Å²) >= 11 is 0. The molecule has 1 aliphatic heterocycles. The molecule has 7 rings (SSSR count). The number of hydrogen-bond acceptors (Lipinski definition) is 10. The minimum atomic E-state index is -0.934. The number of fused-ring (bicyclic) bond motifs is 5. The Hall–Kier alpha value is -4.01. The number of aromatic nitrogens is 5. The van der Waals surface area contributed by atoms with Crippen molar-refractivity contribution in [1.82, 2.24) is 29.8 Å². The molecule has 4 heterocycles. The molecule has 1 fully saturated rings. The highest BCUT2D eigenvalue weighted by atomic mass is 16.5. The van der Waals surface area contributed by atoms with E-state index in [2.05, 4.69) is 36.2 Å². The summed E-state index contributed by atoms with van der Waals surface area (Å²) < 4.78 is 8.35. The first-order chi connectivity index (χ1) is 21.5. The first kappa shape index (κ1) is 29.7. The van der Waals surface area contributed by atoms with Gasteiger partial charge in [0.25, 0.3) is 0 Å². The van der Waals surface area contributed by atoms with Crippen LogP contribution in [-0.2, 0) is 18.3 Å². The third-order valence-electron chi connectivity index (χ3n) is 10.4. The molecular weight excluding hydrogens is 566 g/mol. The van der Waals surface area contributed by atoms with Gasteiger partial charge in [0.2, 0.25) is 0 Å². The lowest BCUT2D eigenvalue weighted by Gasteiger charge is -2.41. The molecule has 2 aliphatic carbocycles. The Morgan fingerprint density at radius 1 is 1.22 bits per heavy atom. The maximum atomic E-state index is 10.7. The molecule has 1 spiro atoms. The van der Waals surface area contributed by atoms with Crippen LogP contribution in [0.4, 0.5) is 11.5 Å². The SMILES string of the molecule is C[C@@H]([C@@H]1CCCN1C)n1ncc2c(N(C)CC(C)(C)O)nc(-c3noc4c3CCC[C@]43CCCc4ccc(N)c(C#N)c43)nc21. The molecule has 3 aromatic heterocycles. The summed E-state index contributed by atoms with van der Waals surface area (Å²) in [6.45, 7) is 7.24. The predicted molar refractivity (Wildman–Crippen MR) is 173 cm³/mol. The quantitative estimate of drug-likeness (QED) is 0.294. The van der Waals surface area contributed by atoms with Crippen LogP contribution in [0.3, 0.4) is 0 Å². The highest BCUT2D eigenvalue weighted by Crippen LogP contribution is 2.53. The summed E-state index contributed by atoms with van der Waals surface area (Å²) in [5, 5.41) is 31.3. The van der Waals surface area contributed by atoms with E-state index in [9.17, 15) is 10.4 Å². The number of nitriles is 1. The standard InChI is InChI=1S/C34H43N9O2/c1-20(26-11-8-16-41(26)4)43-32-24(18-37-43)31(42(5)19-33(2,3)44)38-30(39-32)28-22-10-7-15-34(29(22)45-40-28)14-6-9-21-12-13-25(36)23(17-35)27(21)34/h12-13,18,20,26,44H,6-11,14-16,19,36H2,1-5H3/t20-,26-,34-/m0/s1. The molecule has 0 amide bonds. The maximum absolute atomic E-state index is 10.7. The Kier molecular flexibility index (Phi) is 7.13. The second-order valence-corrected chi connectivity index (χ2v) is 14.1. The third-order valence-corrected chi connectivity index (χ3v) is 10.4. The van der Waals surface area contributed by atoms with Crippen LogP contribution in [0.25, 0.3) is 22.6 Å². The number of likely N-dealkylation sites (N-methyl/N-ethyl adjacent to an activating group) is 2. The normalized spacial score (nSPS) is 22.4. The number of nitrogen functional groups attached to an aromatic ring is 1. The van der Waals surface area contributed by atoms with Crippen LogP contribution >= 0.6 is 0 Å². The molecule has 4 aromatic rings. The van der Waals surface area contributed by atoms with Crippen LogP contribution in [0.5, 0.6) is 0 Å². The molecule has 3 aliphatic rings. The maximum Gasteiger partial charge on any atom is 0.186 e. The van der Waals surface area contributed by atoms with Gasteiger partial charge in [0.1, 0.15) is 11.9 Å². The van der Waals surface area contributed by atoms with Crippen LogP contribution in [0, 0.1) is 11.3 Å². The zero-order valence-electron chi connectivity index (χ0n) is 27.0. The molecule has 236 valence electrons. The van der Waals surface area contributed by atoms with Gasteiger partial charge in [0.15, 0.2) is 22.9 Å². The van der Waals surface area contributed by atoms with Crippen molar-refractivity contribution in [2.75, 3.05) is 37.8 Å². The Labute approximate surface area is 264 Å². The van der Waals surface area contributed by atoms with Gasteiger partial charge in [-0.05, 0) is 103 Å². The predicted octanol–water partition coefficient (Wildman–Crippen LogP) is 4.76. The number of likely N-dealkylation sites (tertiary alicyclic amines) is 1. The molecule has 1 aromatic carbocycles. The molecule has 0 radical (unpaired) electrons. The van der Waals surface area contributed by atoms with Crippen molar-refractivity contribution < 1.29 is 9.63 Å². The Morgan fingerprint density at radius 3 is 2.71 bits per heavy atom. The molecule has 0 saturated carbocycles. The van der Waals surface area contributed by atoms with Crippen molar-refractivity contribution in [2.45, 2.75) is 95.2 Å². The number of benzene rings is 1. The average Bonchev–Trinajstić information content (AvgIpc) is 3.74. The fourth-order valence-corrected chi connectivity index (χ4v) is 8.46. The van der Waals surface area contributed by atoms with E-state index < -0.39 is 11.0 Å². The van der Waals surface area contributed by atoms with Crippen molar-refractivity contribution in [3.05, 3.63) is 46.3 Å². The van der Waals surface area contributed by atoms with Gasteiger partial charge in [0, 0.05) is 30.9 Å². The second kappa shape index (κ2) is 10.8. The molecule has 3 N–H and O–H groups in total. The van der Waals surface area contributed by atoms with Gasteiger partial charge in [-0.2, -0.15) is 10.4 Å². The molecule has 3 atom stereocenters. The Morgan fingerprint density at radius 2 is 2.00 bits per heavy atom. The minimum absolute atomic E-state index is 0.105. The van der Waals surface area contributed by atoms with Gasteiger partial charge in [-0.3, -0.25) is 0 Å². The molecule has 45 heavy (non-hydrogen) atoms. The lowest BCUT2D eigenvalue weighted by molar-refractivity contribution is 0.0885. The average molecular weight is 610 g/mol. The number of nitrogens with two attached hydrogens (primary N) is 1. The van der Waals surface area contributed by atoms with E-state index in [0.717, 1.165) is 79.4 Å². The summed E-state index contributed by atoms with van der Waals surface area (Å²) in [6, 6.07) is 6.80. The smallest absolute Gasteiger partial charge is 0.186 e. The highest BCUT2D eigenvalue weighted by molar-refractivity contribution is 5.89. The number of aryl methyl sites for hydroxylation is 1. The lowest BCUT2D eigenvalue weighted by atomic mass is 9.61. The largest absolute Gasteiger partial charge is 0.398 e. The van der Waals surface area contributed by atoms with E-state index in [0.29, 0.717) is 41.2 Å². The van der Waals surface area contributed by atoms with Crippen molar-refractivity contribution in [1.29, 1.82) is 5.26 Å². The van der Waals surface area contributed by atoms with Gasteiger partial charge in [-0.15, -0.1) is 0 Å². The fraction of sp³-hybridized carbons (Fsp3) is 0.559. The zero-order valence-corrected chi connectivity index (χ0v) is 27.0. The van der Waals surface area contributed by atoms with Gasteiger partial charge < -0.3 is 25.2 Å². The summed E-state index contributed by atoms with van der Waals surface area (Å²) in [4.78, 5) is 14.6. The third kappa shape index (κ3) is 4.77. The summed E-state index contributed by atoms with van der Waals surface area (Å²) in [7, 11) is 4.12. The van der Waals surface area contributed by atoms with E-state index in [1.165, 1.54) is 12.0 Å². The number of hydrogen-bond donors (Lipinski definition) is 2. The second-order valence-electron chi connectivity index (χ2n) is 14.1. The van der Waals surface area contributed by atoms with Gasteiger partial charge in [-0.25, -0.2) is 14.6 Å². The van der Waals surface area contributed by atoms with Crippen LogP contribution in [0.1, 0.15) is 93.4 Å². The lowest BCUT2D eigenvalue weighted by Crippen LogP contribution is -2.37. The highest BCUT2D eigenvalue weighted by Gasteiger charge is 2.48. The van der Waals surface area contributed by atoms with Crippen LogP contribution in [-0.4, -0.2) is 73.7 Å². The van der Waals surface area contributed by atoms with Crippen LogP contribution in [0.2, 0.25) is 0 Å². The topological polar surface area (TPSA) is 146 Å². The van der Waals surface area contributed by atoms with Gasteiger partial charge >= 0.3 is 0 Å². The molecule has 11 heteroatoms. The monoisotopic (exact) mass is 609 g/mol. The molecular formula is C34H43N9O2. The Balaban J connectivity index is 1.40. The van der Waals surface area contributed by atoms with E-state index in [-0.39, 0.29) is 6.04 Å². The first-order valence-electron chi connectivity index (χ1n) is 16.2. The number of anilines is 2. The molecule has 11 nitrogen and oxygen atoms in total. The zero-order chi connectivity index (χ0) is 31.7. The number of rotatable bonds is 6. The van der Waals surface area contributed by atoms with E-state index in [1.54, 1.807) is 13.8 Å². The van der Waals surface area contributed by atoms with Crippen molar-refractivity contribution in [2.24, 2.45) is 0 Å². The summed E-state index contributed by atoms with van der Waals surface area (Å²) in [5.41, 5.74) is 10.6. The molecule has 1 saturated heterocycles. The van der Waals surface area contributed by atoms with Crippen molar-refractivity contribution in [3.63, 3.8) is 0 Å². The molecule has 0 unspecified atom stereocenters. The van der Waals surface area contributed by atoms with Crippen LogP contribution in [0.15, 0.2) is 22.9 Å². The minimum Gasteiger partial charge on any atom is -0.398 e.